The first-order valence-electron chi connectivity index (χ1n) is 5.86. The van der Waals surface area contributed by atoms with Gasteiger partial charge >= 0.3 is 0 Å². The van der Waals surface area contributed by atoms with Crippen molar-refractivity contribution >= 4 is 0 Å². The van der Waals surface area contributed by atoms with Crippen molar-refractivity contribution in [2.75, 3.05) is 7.11 Å². The molecule has 0 bridgehead atoms. The molecule has 0 aliphatic heterocycles. The topological polar surface area (TPSA) is 29.5 Å². The summed E-state index contributed by atoms with van der Waals surface area (Å²) in [5, 5.41) is 10.0. The molecular weight excluding hydrogens is 250 g/mol. The van der Waals surface area contributed by atoms with Gasteiger partial charge in [0.2, 0.25) is 0 Å². The second kappa shape index (κ2) is 5.80. The van der Waals surface area contributed by atoms with E-state index >= 15 is 0 Å². The Morgan fingerprint density at radius 1 is 1.11 bits per heavy atom. The largest absolute Gasteiger partial charge is 0.494 e. The molecule has 2 aromatic carbocycles. The van der Waals surface area contributed by atoms with Crippen LogP contribution in [0.5, 0.6) is 5.75 Å². The van der Waals surface area contributed by atoms with Crippen LogP contribution in [-0.4, -0.2) is 12.2 Å². The third-order valence-corrected chi connectivity index (χ3v) is 2.93. The number of aliphatic hydroxyl groups excluding tert-OH is 1. The van der Waals surface area contributed by atoms with Gasteiger partial charge in [-0.05, 0) is 29.3 Å². The van der Waals surface area contributed by atoms with Gasteiger partial charge in [0.15, 0.2) is 11.6 Å². The zero-order valence-electron chi connectivity index (χ0n) is 10.4. The van der Waals surface area contributed by atoms with E-state index in [1.165, 1.54) is 25.3 Å². The predicted molar refractivity (Wildman–Crippen MR) is 68.0 cm³/mol. The van der Waals surface area contributed by atoms with Crippen molar-refractivity contribution in [3.8, 4) is 5.75 Å². The number of hydrogen-bond donors (Lipinski definition) is 1. The number of aliphatic hydroxyl groups is 1. The lowest BCUT2D eigenvalue weighted by Crippen LogP contribution is -2.04. The average molecular weight is 264 g/mol. The lowest BCUT2D eigenvalue weighted by Gasteiger charge is -2.12. The van der Waals surface area contributed by atoms with Gasteiger partial charge in [0, 0.05) is 6.42 Å². The van der Waals surface area contributed by atoms with Crippen molar-refractivity contribution in [1.29, 1.82) is 0 Å². The number of hydrogen-bond acceptors (Lipinski definition) is 2. The molecule has 0 saturated heterocycles. The second-order valence-corrected chi connectivity index (χ2v) is 4.21. The molecule has 2 rings (SSSR count). The highest BCUT2D eigenvalue weighted by Gasteiger charge is 2.13. The van der Waals surface area contributed by atoms with Crippen molar-refractivity contribution in [3.05, 3.63) is 65.2 Å². The summed E-state index contributed by atoms with van der Waals surface area (Å²) < 4.78 is 31.8. The summed E-state index contributed by atoms with van der Waals surface area (Å²) in [6, 6.07) is 10.4. The standard InChI is InChI=1S/C15H14F2O2/c1-19-15-7-6-11(8-13(15)17)14(18)9-10-4-2-3-5-12(10)16/h2-8,14,18H,9H2,1H3. The van der Waals surface area contributed by atoms with Crippen LogP contribution in [0.25, 0.3) is 0 Å². The van der Waals surface area contributed by atoms with E-state index < -0.39 is 11.9 Å². The van der Waals surface area contributed by atoms with E-state index in [9.17, 15) is 13.9 Å². The molecule has 0 fully saturated rings. The van der Waals surface area contributed by atoms with E-state index in [4.69, 9.17) is 4.74 Å². The van der Waals surface area contributed by atoms with Crippen LogP contribution < -0.4 is 4.74 Å². The molecule has 0 radical (unpaired) electrons. The highest BCUT2D eigenvalue weighted by molar-refractivity contribution is 5.31. The van der Waals surface area contributed by atoms with Gasteiger partial charge in [-0.25, -0.2) is 8.78 Å². The maximum absolute atomic E-state index is 13.5. The molecule has 1 unspecified atom stereocenters. The number of methoxy groups -OCH3 is 1. The zero-order chi connectivity index (χ0) is 13.8. The summed E-state index contributed by atoms with van der Waals surface area (Å²) in [7, 11) is 1.37. The van der Waals surface area contributed by atoms with E-state index in [1.54, 1.807) is 24.3 Å². The molecule has 2 aromatic rings. The SMILES string of the molecule is COc1ccc(C(O)Cc2ccccc2F)cc1F. The molecule has 0 heterocycles. The Morgan fingerprint density at radius 3 is 2.47 bits per heavy atom. The van der Waals surface area contributed by atoms with Crippen LogP contribution in [0.15, 0.2) is 42.5 Å². The van der Waals surface area contributed by atoms with Crippen molar-refractivity contribution in [2.45, 2.75) is 12.5 Å². The average Bonchev–Trinajstić information content (AvgIpc) is 2.41. The third-order valence-electron chi connectivity index (χ3n) is 2.93. The number of benzene rings is 2. The van der Waals surface area contributed by atoms with E-state index in [2.05, 4.69) is 0 Å². The fourth-order valence-electron chi connectivity index (χ4n) is 1.88. The van der Waals surface area contributed by atoms with Gasteiger partial charge in [-0.3, -0.25) is 0 Å². The molecule has 0 saturated carbocycles. The van der Waals surface area contributed by atoms with Crippen LogP contribution >= 0.6 is 0 Å². The van der Waals surface area contributed by atoms with E-state index in [1.807, 2.05) is 0 Å². The van der Waals surface area contributed by atoms with Gasteiger partial charge in [-0.15, -0.1) is 0 Å². The quantitative estimate of drug-likeness (QED) is 0.918. The van der Waals surface area contributed by atoms with Gasteiger partial charge < -0.3 is 9.84 Å². The maximum atomic E-state index is 13.5. The Morgan fingerprint density at radius 2 is 1.84 bits per heavy atom. The van der Waals surface area contributed by atoms with E-state index in [0.29, 0.717) is 11.1 Å². The molecule has 0 aromatic heterocycles. The van der Waals surface area contributed by atoms with Crippen LogP contribution in [0.2, 0.25) is 0 Å². The number of ether oxygens (including phenoxy) is 1. The van der Waals surface area contributed by atoms with Gasteiger partial charge in [-0.2, -0.15) is 0 Å². The molecule has 0 spiro atoms. The fraction of sp³-hybridized carbons (Fsp3) is 0.200. The Hall–Kier alpha value is -1.94. The first-order valence-corrected chi connectivity index (χ1v) is 5.86. The van der Waals surface area contributed by atoms with Crippen LogP contribution in [0.4, 0.5) is 8.78 Å². The second-order valence-electron chi connectivity index (χ2n) is 4.21. The molecule has 4 heteroatoms. The molecule has 0 aliphatic rings. The summed E-state index contributed by atoms with van der Waals surface area (Å²) in [5.41, 5.74) is 0.785. The molecule has 1 N–H and O–H groups in total. The van der Waals surface area contributed by atoms with Crippen molar-refractivity contribution in [2.24, 2.45) is 0 Å². The van der Waals surface area contributed by atoms with Crippen LogP contribution in [0, 0.1) is 11.6 Å². The van der Waals surface area contributed by atoms with Gasteiger partial charge in [0.1, 0.15) is 5.82 Å². The monoisotopic (exact) mass is 264 g/mol. The van der Waals surface area contributed by atoms with Crippen molar-refractivity contribution in [3.63, 3.8) is 0 Å². The first kappa shape index (κ1) is 13.5. The fourth-order valence-corrected chi connectivity index (χ4v) is 1.88. The van der Waals surface area contributed by atoms with Crippen LogP contribution in [0.1, 0.15) is 17.2 Å². The molecule has 100 valence electrons. The predicted octanol–water partition coefficient (Wildman–Crippen LogP) is 3.25. The lowest BCUT2D eigenvalue weighted by atomic mass is 10.0. The van der Waals surface area contributed by atoms with Gasteiger partial charge in [0.25, 0.3) is 0 Å². The molecule has 0 aliphatic carbocycles. The smallest absolute Gasteiger partial charge is 0.165 e. The van der Waals surface area contributed by atoms with E-state index in [-0.39, 0.29) is 18.0 Å². The minimum Gasteiger partial charge on any atom is -0.494 e. The maximum Gasteiger partial charge on any atom is 0.165 e. The van der Waals surface area contributed by atoms with Gasteiger partial charge in [-0.1, -0.05) is 24.3 Å². The summed E-state index contributed by atoms with van der Waals surface area (Å²) in [6.45, 7) is 0. The molecule has 19 heavy (non-hydrogen) atoms. The normalized spacial score (nSPS) is 12.2. The molecule has 2 nitrogen and oxygen atoms in total. The van der Waals surface area contributed by atoms with Crippen molar-refractivity contribution in [1.82, 2.24) is 0 Å². The minimum atomic E-state index is -0.961. The Balaban J connectivity index is 2.18. The molecular formula is C15H14F2O2. The number of rotatable bonds is 4. The minimum absolute atomic E-state index is 0.0957. The Kier molecular flexibility index (Phi) is 4.12. The third kappa shape index (κ3) is 3.09. The van der Waals surface area contributed by atoms with Crippen LogP contribution in [-0.2, 0) is 6.42 Å². The molecule has 0 amide bonds. The zero-order valence-corrected chi connectivity index (χ0v) is 10.4. The highest BCUT2D eigenvalue weighted by atomic mass is 19.1. The number of halogens is 2. The van der Waals surface area contributed by atoms with Crippen LogP contribution in [0.3, 0.4) is 0 Å². The first-order chi connectivity index (χ1) is 9.11. The van der Waals surface area contributed by atoms with E-state index in [0.717, 1.165) is 0 Å². The van der Waals surface area contributed by atoms with Crippen molar-refractivity contribution < 1.29 is 18.6 Å². The van der Waals surface area contributed by atoms with Gasteiger partial charge in [0.05, 0.1) is 13.2 Å². The Labute approximate surface area is 110 Å². The molecule has 1 atom stereocenters. The summed E-state index contributed by atoms with van der Waals surface area (Å²) in [5.74, 6) is -0.815. The summed E-state index contributed by atoms with van der Waals surface area (Å²) in [4.78, 5) is 0. The highest BCUT2D eigenvalue weighted by Crippen LogP contribution is 2.24. The summed E-state index contributed by atoms with van der Waals surface area (Å²) in [6.07, 6.45) is -0.865. The summed E-state index contributed by atoms with van der Waals surface area (Å²) >= 11 is 0. The lowest BCUT2D eigenvalue weighted by molar-refractivity contribution is 0.176. The Bertz CT molecular complexity index is 570.